The minimum Gasteiger partial charge on any atom is -0.462 e. The molecule has 0 unspecified atom stereocenters. The molecule has 0 aliphatic carbocycles. The molecule has 3 N–H and O–H groups in total. The van der Waals surface area contributed by atoms with Crippen LogP contribution < -0.4 is 11.1 Å². The van der Waals surface area contributed by atoms with Crippen LogP contribution in [0.4, 0.5) is 24.5 Å². The van der Waals surface area contributed by atoms with Crippen LogP contribution in [-0.4, -0.2) is 25.3 Å². The number of esters is 1. The molecular weight excluding hydrogens is 309 g/mol. The highest BCUT2D eigenvalue weighted by Crippen LogP contribution is 2.30. The Morgan fingerprint density at radius 2 is 2.10 bits per heavy atom. The number of rotatable bonds is 6. The molecule has 0 heterocycles. The number of nitrogen functional groups attached to an aromatic ring is 1. The number of nitrogens with two attached hydrogens (primary N) is 1. The highest BCUT2D eigenvalue weighted by atomic mass is 35.5. The summed E-state index contributed by atoms with van der Waals surface area (Å²) >= 11 is 5.98. The van der Waals surface area contributed by atoms with Gasteiger partial charge in [0.05, 0.1) is 22.9 Å². The average molecular weight is 325 g/mol. The Balaban J connectivity index is 2.82. The molecule has 0 aliphatic rings. The fourth-order valence-electron chi connectivity index (χ4n) is 1.68. The summed E-state index contributed by atoms with van der Waals surface area (Å²) in [6.45, 7) is 1.83. The summed E-state index contributed by atoms with van der Waals surface area (Å²) in [6, 6.07) is 2.78. The zero-order valence-electron chi connectivity index (χ0n) is 11.4. The fraction of sp³-hybridized carbons (Fsp3) is 0.462. The summed E-state index contributed by atoms with van der Waals surface area (Å²) in [5, 5.41) is 2.89. The molecule has 0 saturated heterocycles. The molecule has 0 amide bonds. The van der Waals surface area contributed by atoms with Crippen LogP contribution in [0.15, 0.2) is 12.1 Å². The van der Waals surface area contributed by atoms with Crippen molar-refractivity contribution in [3.8, 4) is 0 Å². The normalized spacial score (nSPS) is 11.3. The monoisotopic (exact) mass is 324 g/mol. The Morgan fingerprint density at radius 3 is 2.67 bits per heavy atom. The van der Waals surface area contributed by atoms with E-state index in [-0.39, 0.29) is 41.5 Å². The van der Waals surface area contributed by atoms with Crippen LogP contribution in [-0.2, 0) is 4.74 Å². The summed E-state index contributed by atoms with van der Waals surface area (Å²) in [6.07, 6.45) is -5.26. The molecule has 0 spiro atoms. The van der Waals surface area contributed by atoms with E-state index in [9.17, 15) is 18.0 Å². The fourth-order valence-corrected chi connectivity index (χ4v) is 1.97. The second kappa shape index (κ2) is 7.40. The van der Waals surface area contributed by atoms with E-state index in [4.69, 9.17) is 22.1 Å². The third-order valence-electron chi connectivity index (χ3n) is 2.55. The maximum absolute atomic E-state index is 12.1. The molecule has 0 fully saturated rings. The Kier molecular flexibility index (Phi) is 6.14. The number of halogens is 4. The Bertz CT molecular complexity index is 507. The van der Waals surface area contributed by atoms with Gasteiger partial charge >= 0.3 is 12.1 Å². The summed E-state index contributed by atoms with van der Waals surface area (Å²) < 4.78 is 41.1. The van der Waals surface area contributed by atoms with Gasteiger partial charge in [0.25, 0.3) is 0 Å². The van der Waals surface area contributed by atoms with E-state index >= 15 is 0 Å². The molecule has 4 nitrogen and oxygen atoms in total. The number of benzene rings is 1. The molecule has 1 aromatic rings. The molecule has 1 rings (SSSR count). The van der Waals surface area contributed by atoms with Crippen LogP contribution in [0.3, 0.4) is 0 Å². The summed E-state index contributed by atoms with van der Waals surface area (Å²) in [4.78, 5) is 11.8. The predicted molar refractivity (Wildman–Crippen MR) is 75.6 cm³/mol. The van der Waals surface area contributed by atoms with Crippen LogP contribution >= 0.6 is 11.6 Å². The number of hydrogen-bond donors (Lipinski definition) is 2. The lowest BCUT2D eigenvalue weighted by molar-refractivity contribution is -0.134. The smallest absolute Gasteiger partial charge is 0.389 e. The Hall–Kier alpha value is -1.63. The minimum atomic E-state index is -4.21. The van der Waals surface area contributed by atoms with E-state index < -0.39 is 18.6 Å². The number of anilines is 2. The van der Waals surface area contributed by atoms with Gasteiger partial charge in [-0.25, -0.2) is 4.79 Å². The standard InChI is InChI=1S/C13H16ClF3N2O2/c1-2-21-12(20)9-6-8(18)7-10(14)11(9)19-5-3-4-13(15,16)17/h6-7,19H,2-5,18H2,1H3. The first-order valence-electron chi connectivity index (χ1n) is 6.31. The number of ether oxygens (including phenoxy) is 1. The summed E-state index contributed by atoms with van der Waals surface area (Å²) in [7, 11) is 0. The van der Waals surface area contributed by atoms with Gasteiger partial charge in [0.15, 0.2) is 0 Å². The van der Waals surface area contributed by atoms with Crippen molar-refractivity contribution in [1.82, 2.24) is 0 Å². The molecule has 0 aromatic heterocycles. The number of hydrogen-bond acceptors (Lipinski definition) is 4. The number of alkyl halides is 3. The Morgan fingerprint density at radius 1 is 1.43 bits per heavy atom. The van der Waals surface area contributed by atoms with Gasteiger partial charge in [-0.1, -0.05) is 11.6 Å². The molecule has 0 saturated carbocycles. The zero-order valence-corrected chi connectivity index (χ0v) is 12.1. The molecule has 1 aromatic carbocycles. The van der Waals surface area contributed by atoms with Gasteiger partial charge in [-0.05, 0) is 25.5 Å². The largest absolute Gasteiger partial charge is 0.462 e. The molecule has 118 valence electrons. The Labute approximate surface area is 125 Å². The molecule has 0 aliphatic heterocycles. The molecule has 0 atom stereocenters. The van der Waals surface area contributed by atoms with Crippen molar-refractivity contribution < 1.29 is 22.7 Å². The van der Waals surface area contributed by atoms with E-state index in [1.807, 2.05) is 0 Å². The van der Waals surface area contributed by atoms with E-state index in [0.29, 0.717) is 0 Å². The number of nitrogens with one attached hydrogen (secondary N) is 1. The van der Waals surface area contributed by atoms with Gasteiger partial charge in [0, 0.05) is 18.7 Å². The number of carbonyl (C=O) groups is 1. The van der Waals surface area contributed by atoms with Gasteiger partial charge < -0.3 is 15.8 Å². The van der Waals surface area contributed by atoms with Gasteiger partial charge in [-0.15, -0.1) is 0 Å². The van der Waals surface area contributed by atoms with Crippen molar-refractivity contribution in [3.63, 3.8) is 0 Å². The van der Waals surface area contributed by atoms with Crippen LogP contribution in [0.25, 0.3) is 0 Å². The SMILES string of the molecule is CCOC(=O)c1cc(N)cc(Cl)c1NCCCC(F)(F)F. The van der Waals surface area contributed by atoms with Gasteiger partial charge in [-0.2, -0.15) is 13.2 Å². The lowest BCUT2D eigenvalue weighted by atomic mass is 10.1. The topological polar surface area (TPSA) is 64.3 Å². The van der Waals surface area contributed by atoms with Crippen molar-refractivity contribution in [1.29, 1.82) is 0 Å². The van der Waals surface area contributed by atoms with Crippen molar-refractivity contribution in [2.45, 2.75) is 25.9 Å². The first-order valence-corrected chi connectivity index (χ1v) is 6.69. The van der Waals surface area contributed by atoms with E-state index in [0.717, 1.165) is 0 Å². The van der Waals surface area contributed by atoms with Crippen LogP contribution in [0.2, 0.25) is 5.02 Å². The highest BCUT2D eigenvalue weighted by Gasteiger charge is 2.26. The maximum atomic E-state index is 12.1. The lowest BCUT2D eigenvalue weighted by Crippen LogP contribution is -2.14. The van der Waals surface area contributed by atoms with Crippen LogP contribution in [0.5, 0.6) is 0 Å². The summed E-state index contributed by atoms with van der Waals surface area (Å²) in [5.41, 5.74) is 6.21. The first kappa shape index (κ1) is 17.4. The van der Waals surface area contributed by atoms with Crippen molar-refractivity contribution in [2.75, 3.05) is 24.2 Å². The predicted octanol–water partition coefficient (Wildman–Crippen LogP) is 3.85. The molecule has 0 radical (unpaired) electrons. The minimum absolute atomic E-state index is 0.0234. The second-order valence-electron chi connectivity index (χ2n) is 4.29. The zero-order chi connectivity index (χ0) is 16.0. The molecule has 8 heteroatoms. The van der Waals surface area contributed by atoms with Crippen LogP contribution in [0, 0.1) is 0 Å². The first-order chi connectivity index (χ1) is 9.74. The maximum Gasteiger partial charge on any atom is 0.389 e. The second-order valence-corrected chi connectivity index (χ2v) is 4.70. The third kappa shape index (κ3) is 5.71. The third-order valence-corrected chi connectivity index (χ3v) is 2.84. The quantitative estimate of drug-likeness (QED) is 0.474. The average Bonchev–Trinajstić information content (AvgIpc) is 2.34. The molecule has 0 bridgehead atoms. The van der Waals surface area contributed by atoms with Crippen molar-refractivity contribution in [2.24, 2.45) is 0 Å². The van der Waals surface area contributed by atoms with Gasteiger partial charge in [0.2, 0.25) is 0 Å². The van der Waals surface area contributed by atoms with Gasteiger partial charge in [0.1, 0.15) is 0 Å². The highest BCUT2D eigenvalue weighted by molar-refractivity contribution is 6.34. The molecule has 21 heavy (non-hydrogen) atoms. The lowest BCUT2D eigenvalue weighted by Gasteiger charge is -2.14. The van der Waals surface area contributed by atoms with Crippen LogP contribution in [0.1, 0.15) is 30.1 Å². The summed E-state index contributed by atoms with van der Waals surface area (Å²) in [5.74, 6) is -0.634. The number of carbonyl (C=O) groups excluding carboxylic acids is 1. The van der Waals surface area contributed by atoms with E-state index in [2.05, 4.69) is 5.32 Å². The molecular formula is C13H16ClF3N2O2. The van der Waals surface area contributed by atoms with E-state index in [1.54, 1.807) is 6.92 Å². The van der Waals surface area contributed by atoms with E-state index in [1.165, 1.54) is 12.1 Å². The van der Waals surface area contributed by atoms with Gasteiger partial charge in [-0.3, -0.25) is 0 Å². The van der Waals surface area contributed by atoms with Crippen molar-refractivity contribution in [3.05, 3.63) is 22.7 Å². The van der Waals surface area contributed by atoms with Crippen molar-refractivity contribution >= 4 is 28.9 Å².